The van der Waals surface area contributed by atoms with Crippen LogP contribution in [-0.2, 0) is 0 Å². The van der Waals surface area contributed by atoms with Crippen molar-refractivity contribution in [2.24, 2.45) is 0 Å². The van der Waals surface area contributed by atoms with Crippen LogP contribution in [0.3, 0.4) is 0 Å². The minimum atomic E-state index is 1.19. The fraction of sp³-hybridized carbons (Fsp3) is 0.692. The van der Waals surface area contributed by atoms with Gasteiger partial charge in [0.05, 0.1) is 19.3 Å². The summed E-state index contributed by atoms with van der Waals surface area (Å²) in [5.74, 6) is 0. The lowest BCUT2D eigenvalue weighted by atomic mass is 10.2. The Hall–Kier alpha value is -0.560. The maximum atomic E-state index is 2.39. The summed E-state index contributed by atoms with van der Waals surface area (Å²) in [5, 5.41) is 0. The van der Waals surface area contributed by atoms with Crippen LogP contribution in [0.25, 0.3) is 0 Å². The van der Waals surface area contributed by atoms with Crippen LogP contribution in [0.2, 0.25) is 0 Å². The molecule has 0 aromatic rings. The maximum absolute atomic E-state index is 2.39. The lowest BCUT2D eigenvalue weighted by Gasteiger charge is -2.35. The fourth-order valence-electron chi connectivity index (χ4n) is 2.21. The highest BCUT2D eigenvalue weighted by Crippen LogP contribution is 2.16. The average molecular weight is 194 g/mol. The fourth-order valence-corrected chi connectivity index (χ4v) is 2.21. The molecule has 0 saturated carbocycles. The third kappa shape index (κ3) is 3.30. The molecular formula is C13H24N+. The van der Waals surface area contributed by atoms with Gasteiger partial charge in [-0.3, -0.25) is 4.48 Å². The summed E-state index contributed by atoms with van der Waals surface area (Å²) in [6, 6.07) is 0. The van der Waals surface area contributed by atoms with E-state index in [1.54, 1.807) is 0 Å². The summed E-state index contributed by atoms with van der Waals surface area (Å²) in [6.07, 6.45) is 14.4. The van der Waals surface area contributed by atoms with E-state index in [2.05, 4.69) is 38.3 Å². The molecule has 0 saturated heterocycles. The van der Waals surface area contributed by atoms with E-state index in [4.69, 9.17) is 0 Å². The van der Waals surface area contributed by atoms with Gasteiger partial charge in [-0.2, -0.15) is 0 Å². The predicted octanol–water partition coefficient (Wildman–Crippen LogP) is 3.49. The third-order valence-electron chi connectivity index (χ3n) is 2.99. The molecule has 0 N–H and O–H groups in total. The van der Waals surface area contributed by atoms with Gasteiger partial charge in [0.25, 0.3) is 0 Å². The van der Waals surface area contributed by atoms with Crippen molar-refractivity contribution < 1.29 is 4.48 Å². The van der Waals surface area contributed by atoms with Crippen molar-refractivity contribution in [1.29, 1.82) is 0 Å². The van der Waals surface area contributed by atoms with Gasteiger partial charge in [0, 0.05) is 0 Å². The second kappa shape index (κ2) is 6.02. The van der Waals surface area contributed by atoms with Gasteiger partial charge < -0.3 is 0 Å². The molecule has 1 aliphatic heterocycles. The number of quaternary nitrogens is 1. The van der Waals surface area contributed by atoms with Gasteiger partial charge in [-0.1, -0.05) is 26.3 Å². The van der Waals surface area contributed by atoms with Gasteiger partial charge in [-0.25, -0.2) is 0 Å². The van der Waals surface area contributed by atoms with Crippen LogP contribution >= 0.6 is 0 Å². The maximum Gasteiger partial charge on any atom is 0.102 e. The van der Waals surface area contributed by atoms with E-state index in [1.807, 2.05) is 0 Å². The van der Waals surface area contributed by atoms with Crippen LogP contribution < -0.4 is 0 Å². The molecule has 1 nitrogen and oxygen atoms in total. The molecule has 1 atom stereocenters. The number of nitrogens with zero attached hydrogens (tertiary/aromatic N) is 1. The second-order valence-electron chi connectivity index (χ2n) is 4.33. The van der Waals surface area contributed by atoms with E-state index >= 15 is 0 Å². The van der Waals surface area contributed by atoms with E-state index < -0.39 is 0 Å². The standard InChI is InChI=1S/C13H24N/c1-3-5-7-11-14(10-4-2)12-8-6-9-13-14/h6,8-9,12H,3-5,7,10-11,13H2,1-2H3/q+1. The molecule has 0 aliphatic carbocycles. The average Bonchev–Trinajstić information content (AvgIpc) is 2.20. The molecule has 1 heteroatoms. The van der Waals surface area contributed by atoms with Gasteiger partial charge in [0.2, 0.25) is 0 Å². The number of hydrogen-bond acceptors (Lipinski definition) is 0. The normalized spacial score (nSPS) is 25.6. The van der Waals surface area contributed by atoms with Gasteiger partial charge in [-0.05, 0) is 31.4 Å². The quantitative estimate of drug-likeness (QED) is 0.448. The lowest BCUT2D eigenvalue weighted by Crippen LogP contribution is -2.45. The zero-order chi connectivity index (χ0) is 10.3. The molecule has 1 heterocycles. The van der Waals surface area contributed by atoms with Crippen molar-refractivity contribution >= 4 is 0 Å². The van der Waals surface area contributed by atoms with Crippen LogP contribution in [0.1, 0.15) is 39.5 Å². The summed E-state index contributed by atoms with van der Waals surface area (Å²) in [7, 11) is 0. The summed E-state index contributed by atoms with van der Waals surface area (Å²) in [5.41, 5.74) is 0. The summed E-state index contributed by atoms with van der Waals surface area (Å²) >= 11 is 0. The number of unbranched alkanes of at least 4 members (excludes halogenated alkanes) is 2. The Morgan fingerprint density at radius 1 is 1.00 bits per heavy atom. The Labute approximate surface area is 88.7 Å². The van der Waals surface area contributed by atoms with E-state index in [-0.39, 0.29) is 0 Å². The topological polar surface area (TPSA) is 0 Å². The Bertz CT molecular complexity index is 205. The Morgan fingerprint density at radius 2 is 1.86 bits per heavy atom. The van der Waals surface area contributed by atoms with Crippen LogP contribution in [0, 0.1) is 0 Å². The molecule has 1 rings (SSSR count). The molecule has 80 valence electrons. The molecule has 0 radical (unpaired) electrons. The molecule has 0 aromatic heterocycles. The monoisotopic (exact) mass is 194 g/mol. The molecule has 1 aliphatic rings. The van der Waals surface area contributed by atoms with Gasteiger partial charge in [0.1, 0.15) is 6.54 Å². The number of hydrogen-bond donors (Lipinski definition) is 0. The highest BCUT2D eigenvalue weighted by Gasteiger charge is 2.22. The molecule has 0 aromatic carbocycles. The van der Waals surface area contributed by atoms with Crippen LogP contribution in [0.15, 0.2) is 24.4 Å². The largest absolute Gasteiger partial charge is 0.294 e. The van der Waals surface area contributed by atoms with Crippen molar-refractivity contribution in [3.05, 3.63) is 24.4 Å². The molecular weight excluding hydrogens is 170 g/mol. The van der Waals surface area contributed by atoms with Crippen LogP contribution in [0.5, 0.6) is 0 Å². The molecule has 0 amide bonds. The molecule has 1 unspecified atom stereocenters. The number of allylic oxidation sites excluding steroid dienone is 2. The molecule has 0 fully saturated rings. The zero-order valence-electron chi connectivity index (χ0n) is 9.71. The first-order chi connectivity index (χ1) is 6.83. The van der Waals surface area contributed by atoms with Crippen molar-refractivity contribution in [2.45, 2.75) is 39.5 Å². The van der Waals surface area contributed by atoms with Crippen LogP contribution in [0.4, 0.5) is 0 Å². The van der Waals surface area contributed by atoms with Crippen molar-refractivity contribution in [1.82, 2.24) is 0 Å². The van der Waals surface area contributed by atoms with Gasteiger partial charge in [0.15, 0.2) is 0 Å². The van der Waals surface area contributed by atoms with E-state index in [0.29, 0.717) is 0 Å². The van der Waals surface area contributed by atoms with Crippen molar-refractivity contribution in [3.8, 4) is 0 Å². The van der Waals surface area contributed by atoms with Crippen molar-refractivity contribution in [2.75, 3.05) is 19.6 Å². The smallest absolute Gasteiger partial charge is 0.102 e. The summed E-state index contributed by atoms with van der Waals surface area (Å²) < 4.78 is 1.19. The predicted molar refractivity (Wildman–Crippen MR) is 63.0 cm³/mol. The molecule has 0 spiro atoms. The van der Waals surface area contributed by atoms with Gasteiger partial charge >= 0.3 is 0 Å². The second-order valence-corrected chi connectivity index (χ2v) is 4.33. The molecule has 14 heavy (non-hydrogen) atoms. The molecule has 0 bridgehead atoms. The SMILES string of the molecule is CCCCC[N+]1(CCC)C=CC=CC1. The first kappa shape index (κ1) is 11.5. The number of rotatable bonds is 6. The minimum Gasteiger partial charge on any atom is -0.294 e. The van der Waals surface area contributed by atoms with Crippen molar-refractivity contribution in [3.63, 3.8) is 0 Å². The first-order valence-corrected chi connectivity index (χ1v) is 6.03. The Balaban J connectivity index is 2.45. The Kier molecular flexibility index (Phi) is 4.95. The third-order valence-corrected chi connectivity index (χ3v) is 2.99. The highest BCUT2D eigenvalue weighted by atomic mass is 15.3. The van der Waals surface area contributed by atoms with E-state index in [1.165, 1.54) is 49.8 Å². The zero-order valence-corrected chi connectivity index (χ0v) is 9.71. The summed E-state index contributed by atoms with van der Waals surface area (Å²) in [4.78, 5) is 0. The summed E-state index contributed by atoms with van der Waals surface area (Å²) in [6.45, 7) is 8.38. The highest BCUT2D eigenvalue weighted by molar-refractivity contribution is 5.03. The minimum absolute atomic E-state index is 1.19. The Morgan fingerprint density at radius 3 is 2.43 bits per heavy atom. The lowest BCUT2D eigenvalue weighted by molar-refractivity contribution is -0.874. The van der Waals surface area contributed by atoms with Crippen LogP contribution in [-0.4, -0.2) is 24.1 Å². The van der Waals surface area contributed by atoms with Gasteiger partial charge in [-0.15, -0.1) is 0 Å². The first-order valence-electron chi connectivity index (χ1n) is 6.03. The van der Waals surface area contributed by atoms with E-state index in [0.717, 1.165) is 0 Å². The van der Waals surface area contributed by atoms with E-state index in [9.17, 15) is 0 Å².